The molecule has 260 valence electrons. The number of rotatable bonds is 6. The lowest BCUT2D eigenvalue weighted by Gasteiger charge is -2.35. The zero-order chi connectivity index (χ0) is 35.9. The number of para-hydroxylation sites is 5. The van der Waals surface area contributed by atoms with Crippen LogP contribution >= 0.6 is 11.3 Å². The van der Waals surface area contributed by atoms with Gasteiger partial charge in [-0.2, -0.15) is 0 Å². The number of aryl methyl sites for hydroxylation is 2. The standard InChI is InChI=1S/C50H38N2OS/c1-3-31-23-26-37-44(52-41-17-9-11-19-45(41)53-46-20-12-10-18-42(46)52)30-39-32(4-2)22-25-36-43(29-38(31)50(37)49(36)39)51(33-14-6-5-7-15-33)34-24-27-48-40(28-34)35-16-8-13-21-47(35)54-48/h5-21,23-24,26-30H,3-4,22,25H2,1-2H3. The molecule has 0 radical (unpaired) electrons. The van der Waals surface area contributed by atoms with Crippen LogP contribution in [0.25, 0.3) is 47.3 Å². The van der Waals surface area contributed by atoms with E-state index in [4.69, 9.17) is 4.74 Å². The van der Waals surface area contributed by atoms with Gasteiger partial charge in [-0.15, -0.1) is 11.3 Å². The number of fused-ring (bicyclic) bond motifs is 5. The number of thiophene rings is 1. The summed E-state index contributed by atoms with van der Waals surface area (Å²) < 4.78 is 9.14. The Morgan fingerprint density at radius 1 is 0.556 bits per heavy atom. The van der Waals surface area contributed by atoms with Gasteiger partial charge in [-0.3, -0.25) is 0 Å². The van der Waals surface area contributed by atoms with Gasteiger partial charge in [0.1, 0.15) is 0 Å². The number of ether oxygens (including phenoxy) is 1. The summed E-state index contributed by atoms with van der Waals surface area (Å²) in [5, 5.41) is 9.42. The predicted molar refractivity (Wildman–Crippen MR) is 230 cm³/mol. The van der Waals surface area contributed by atoms with Crippen LogP contribution in [0, 0.1) is 0 Å². The monoisotopic (exact) mass is 714 g/mol. The highest BCUT2D eigenvalue weighted by atomic mass is 32.1. The first-order valence-corrected chi connectivity index (χ1v) is 20.0. The fraction of sp³-hybridized carbons (Fsp3) is 0.120. The number of hydrogen-bond donors (Lipinski definition) is 0. The Labute approximate surface area is 319 Å². The molecule has 54 heavy (non-hydrogen) atoms. The maximum Gasteiger partial charge on any atom is 0.151 e. The van der Waals surface area contributed by atoms with Crippen molar-refractivity contribution in [1.82, 2.24) is 0 Å². The molecule has 0 atom stereocenters. The molecule has 0 fully saturated rings. The average Bonchev–Trinajstić information content (AvgIpc) is 3.60. The van der Waals surface area contributed by atoms with E-state index in [2.05, 4.69) is 169 Å². The summed E-state index contributed by atoms with van der Waals surface area (Å²) in [6.07, 6.45) is 4.02. The molecule has 1 aromatic heterocycles. The average molecular weight is 715 g/mol. The predicted octanol–water partition coefficient (Wildman–Crippen LogP) is 14.2. The van der Waals surface area contributed by atoms with Gasteiger partial charge in [0.05, 0.1) is 22.7 Å². The van der Waals surface area contributed by atoms with E-state index in [1.165, 1.54) is 86.4 Å². The second-order valence-corrected chi connectivity index (χ2v) is 15.6. The van der Waals surface area contributed by atoms with Crippen molar-refractivity contribution in [2.45, 2.75) is 39.5 Å². The quantitative estimate of drug-likeness (QED) is 0.171. The Morgan fingerprint density at radius 3 is 2.06 bits per heavy atom. The zero-order valence-corrected chi connectivity index (χ0v) is 31.2. The van der Waals surface area contributed by atoms with Crippen LogP contribution in [-0.2, 0) is 12.8 Å². The van der Waals surface area contributed by atoms with Gasteiger partial charge >= 0.3 is 0 Å². The van der Waals surface area contributed by atoms with E-state index in [1.807, 2.05) is 11.3 Å². The molecular formula is C50H38N2OS. The molecule has 9 aromatic rings. The number of hydrogen-bond acceptors (Lipinski definition) is 4. The third-order valence-electron chi connectivity index (χ3n) is 11.7. The summed E-state index contributed by atoms with van der Waals surface area (Å²) in [7, 11) is 0. The molecule has 0 saturated carbocycles. The minimum absolute atomic E-state index is 0.877. The van der Waals surface area contributed by atoms with Gasteiger partial charge < -0.3 is 14.5 Å². The topological polar surface area (TPSA) is 15.7 Å². The Morgan fingerprint density at radius 2 is 1.28 bits per heavy atom. The van der Waals surface area contributed by atoms with E-state index in [-0.39, 0.29) is 0 Å². The molecule has 0 amide bonds. The Bertz CT molecular complexity index is 2970. The molecule has 2 aliphatic rings. The van der Waals surface area contributed by atoms with Crippen molar-refractivity contribution in [3.63, 3.8) is 0 Å². The zero-order valence-electron chi connectivity index (χ0n) is 30.4. The summed E-state index contributed by atoms with van der Waals surface area (Å²) >= 11 is 1.88. The Kier molecular flexibility index (Phi) is 7.12. The number of benzene rings is 8. The largest absolute Gasteiger partial charge is 0.453 e. The molecule has 0 bridgehead atoms. The minimum atomic E-state index is 0.877. The molecule has 8 aromatic carbocycles. The molecule has 0 saturated heterocycles. The van der Waals surface area contributed by atoms with Crippen molar-refractivity contribution in [2.75, 3.05) is 9.80 Å². The smallest absolute Gasteiger partial charge is 0.151 e. The van der Waals surface area contributed by atoms with E-state index < -0.39 is 0 Å². The van der Waals surface area contributed by atoms with Gasteiger partial charge in [0.25, 0.3) is 0 Å². The Hall–Kier alpha value is -6.10. The van der Waals surface area contributed by atoms with E-state index in [1.54, 1.807) is 0 Å². The van der Waals surface area contributed by atoms with Crippen LogP contribution in [0.2, 0.25) is 0 Å². The van der Waals surface area contributed by atoms with Crippen LogP contribution in [0.5, 0.6) is 11.5 Å². The fourth-order valence-electron chi connectivity index (χ4n) is 9.22. The first-order valence-electron chi connectivity index (χ1n) is 19.2. The molecule has 1 aliphatic carbocycles. The summed E-state index contributed by atoms with van der Waals surface area (Å²) in [5.74, 6) is 1.75. The van der Waals surface area contributed by atoms with Crippen molar-refractivity contribution in [3.05, 3.63) is 162 Å². The summed E-state index contributed by atoms with van der Waals surface area (Å²) in [6.45, 7) is 4.62. The van der Waals surface area contributed by atoms with Gasteiger partial charge in [0, 0.05) is 36.9 Å². The van der Waals surface area contributed by atoms with Gasteiger partial charge in [0.2, 0.25) is 0 Å². The van der Waals surface area contributed by atoms with Crippen molar-refractivity contribution in [3.8, 4) is 11.5 Å². The second kappa shape index (κ2) is 12.2. The summed E-state index contributed by atoms with van der Waals surface area (Å²) in [4.78, 5) is 4.97. The highest BCUT2D eigenvalue weighted by Crippen LogP contribution is 2.53. The molecule has 4 heteroatoms. The number of nitrogens with zero attached hydrogens (tertiary/aromatic N) is 2. The normalized spacial score (nSPS) is 13.4. The molecule has 1 aliphatic heterocycles. The second-order valence-electron chi connectivity index (χ2n) is 14.5. The van der Waals surface area contributed by atoms with E-state index in [9.17, 15) is 0 Å². The maximum atomic E-state index is 6.49. The fourth-order valence-corrected chi connectivity index (χ4v) is 10.3. The van der Waals surface area contributed by atoms with Crippen molar-refractivity contribution in [2.24, 2.45) is 0 Å². The lowest BCUT2D eigenvalue weighted by molar-refractivity contribution is 0.477. The van der Waals surface area contributed by atoms with Crippen LogP contribution in [0.3, 0.4) is 0 Å². The summed E-state index contributed by atoms with van der Waals surface area (Å²) in [6, 6.07) is 53.6. The lowest BCUT2D eigenvalue weighted by Crippen LogP contribution is -2.23. The first-order chi connectivity index (χ1) is 26.7. The van der Waals surface area contributed by atoms with Gasteiger partial charge in [-0.1, -0.05) is 92.2 Å². The van der Waals surface area contributed by atoms with Crippen molar-refractivity contribution < 1.29 is 4.74 Å². The van der Waals surface area contributed by atoms with E-state index in [0.29, 0.717) is 0 Å². The van der Waals surface area contributed by atoms with Gasteiger partial charge in [0.15, 0.2) is 11.5 Å². The first kappa shape index (κ1) is 31.4. The van der Waals surface area contributed by atoms with Crippen LogP contribution < -0.4 is 19.8 Å². The van der Waals surface area contributed by atoms with E-state index >= 15 is 0 Å². The summed E-state index contributed by atoms with van der Waals surface area (Å²) in [5.41, 5.74) is 11.3. The SMILES string of the molecule is CCC1=c2cc(N3c4ccccc4Oc4ccccc43)c3ccc(CC)c4cc(N(c5ccccc5)c5ccc6sc7ccccc7c6c5)c(c2c43)CC1. The molecule has 3 nitrogen and oxygen atoms in total. The van der Waals surface area contributed by atoms with Crippen molar-refractivity contribution >= 4 is 92.8 Å². The number of anilines is 6. The van der Waals surface area contributed by atoms with Gasteiger partial charge in [-0.05, 0) is 131 Å². The highest BCUT2D eigenvalue weighted by Gasteiger charge is 2.30. The highest BCUT2D eigenvalue weighted by molar-refractivity contribution is 7.25. The van der Waals surface area contributed by atoms with Gasteiger partial charge in [-0.25, -0.2) is 0 Å². The van der Waals surface area contributed by atoms with Crippen LogP contribution in [0.4, 0.5) is 34.1 Å². The van der Waals surface area contributed by atoms with Crippen molar-refractivity contribution in [1.29, 1.82) is 0 Å². The lowest BCUT2D eigenvalue weighted by atomic mass is 9.82. The van der Waals surface area contributed by atoms with Crippen LogP contribution in [-0.4, -0.2) is 0 Å². The minimum Gasteiger partial charge on any atom is -0.453 e. The molecule has 0 spiro atoms. The molecule has 11 rings (SSSR count). The molecule has 0 N–H and O–H groups in total. The molecule has 2 heterocycles. The third-order valence-corrected chi connectivity index (χ3v) is 12.9. The molecule has 0 unspecified atom stereocenters. The third kappa shape index (κ3) is 4.60. The van der Waals surface area contributed by atoms with E-state index in [0.717, 1.165) is 48.6 Å². The van der Waals surface area contributed by atoms with Crippen LogP contribution in [0.1, 0.15) is 37.8 Å². The Balaban J connectivity index is 1.25. The van der Waals surface area contributed by atoms with Crippen LogP contribution in [0.15, 0.2) is 146 Å². The molecular weight excluding hydrogens is 677 g/mol. The maximum absolute atomic E-state index is 6.49.